The summed E-state index contributed by atoms with van der Waals surface area (Å²) < 4.78 is 7.35. The molecule has 0 spiro atoms. The van der Waals surface area contributed by atoms with Gasteiger partial charge in [0.15, 0.2) is 16.8 Å². The highest BCUT2D eigenvalue weighted by molar-refractivity contribution is 6.28. The van der Waals surface area contributed by atoms with Crippen LogP contribution in [0.4, 0.5) is 0 Å². The Bertz CT molecular complexity index is 654. The molecule has 0 bridgehead atoms. The Balaban J connectivity index is 2.27. The van der Waals surface area contributed by atoms with Gasteiger partial charge in [0.1, 0.15) is 0 Å². The van der Waals surface area contributed by atoms with Gasteiger partial charge in [-0.15, -0.1) is 0 Å². The molecular weight excluding hydrogens is 224 g/mol. The maximum Gasteiger partial charge on any atom is 0.194 e. The fourth-order valence-corrected chi connectivity index (χ4v) is 1.86. The molecule has 0 unspecified atom stereocenters. The van der Waals surface area contributed by atoms with E-state index in [4.69, 9.17) is 16.0 Å². The van der Waals surface area contributed by atoms with Gasteiger partial charge >= 0.3 is 0 Å². The molecule has 0 N–H and O–H groups in total. The third kappa shape index (κ3) is 1.41. The van der Waals surface area contributed by atoms with Crippen LogP contribution in [0.3, 0.4) is 0 Å². The number of imidazole rings is 1. The van der Waals surface area contributed by atoms with Crippen LogP contribution in [0.5, 0.6) is 0 Å². The van der Waals surface area contributed by atoms with Crippen LogP contribution < -0.4 is 0 Å². The van der Waals surface area contributed by atoms with Crippen LogP contribution in [-0.2, 0) is 0 Å². The van der Waals surface area contributed by atoms with E-state index in [-0.39, 0.29) is 0 Å². The normalized spacial score (nSPS) is 11.1. The van der Waals surface area contributed by atoms with Crippen molar-refractivity contribution in [2.45, 2.75) is 6.92 Å². The lowest BCUT2D eigenvalue weighted by molar-refractivity contribution is 0.579. The van der Waals surface area contributed by atoms with Crippen LogP contribution in [0.15, 0.2) is 41.1 Å². The highest BCUT2D eigenvalue weighted by Crippen LogP contribution is 2.24. The molecule has 0 radical (unpaired) electrons. The van der Waals surface area contributed by atoms with Crippen LogP contribution in [-0.4, -0.2) is 9.38 Å². The van der Waals surface area contributed by atoms with Gasteiger partial charge in [0.2, 0.25) is 0 Å². The van der Waals surface area contributed by atoms with Gasteiger partial charge < -0.3 is 4.42 Å². The molecule has 3 nitrogen and oxygen atoms in total. The molecule has 0 amide bonds. The summed E-state index contributed by atoms with van der Waals surface area (Å²) in [7, 11) is 0. The monoisotopic (exact) mass is 232 g/mol. The van der Waals surface area contributed by atoms with Crippen LogP contribution in [0, 0.1) is 6.92 Å². The topological polar surface area (TPSA) is 30.4 Å². The number of hydrogen-bond donors (Lipinski definition) is 0. The second-order valence-corrected chi connectivity index (χ2v) is 4.06. The SMILES string of the molecule is Cc1ccc2cnc(-c3ccc(Cl)o3)n2c1. The Morgan fingerprint density at radius 3 is 2.88 bits per heavy atom. The number of halogens is 1. The van der Waals surface area contributed by atoms with E-state index in [1.165, 1.54) is 5.56 Å². The molecule has 3 aromatic heterocycles. The Kier molecular flexibility index (Phi) is 2.01. The van der Waals surface area contributed by atoms with Crippen molar-refractivity contribution in [1.82, 2.24) is 9.38 Å². The summed E-state index contributed by atoms with van der Waals surface area (Å²) in [6, 6.07) is 7.61. The molecule has 16 heavy (non-hydrogen) atoms. The smallest absolute Gasteiger partial charge is 0.194 e. The summed E-state index contributed by atoms with van der Waals surface area (Å²) in [6.45, 7) is 2.04. The zero-order valence-corrected chi connectivity index (χ0v) is 9.40. The maximum atomic E-state index is 5.76. The minimum absolute atomic E-state index is 0.374. The van der Waals surface area contributed by atoms with Crippen molar-refractivity contribution in [1.29, 1.82) is 0 Å². The summed E-state index contributed by atoms with van der Waals surface area (Å²) in [5, 5.41) is 0.374. The fourth-order valence-electron chi connectivity index (χ4n) is 1.71. The van der Waals surface area contributed by atoms with Gasteiger partial charge in [-0.05, 0) is 42.3 Å². The van der Waals surface area contributed by atoms with Gasteiger partial charge in [-0.1, -0.05) is 6.07 Å². The lowest BCUT2D eigenvalue weighted by Crippen LogP contribution is -1.88. The van der Waals surface area contributed by atoms with Gasteiger partial charge in [-0.3, -0.25) is 4.40 Å². The molecule has 0 saturated carbocycles. The minimum atomic E-state index is 0.374. The van der Waals surface area contributed by atoms with Crippen molar-refractivity contribution in [3.8, 4) is 11.6 Å². The molecule has 0 aliphatic carbocycles. The van der Waals surface area contributed by atoms with Crippen molar-refractivity contribution >= 4 is 17.1 Å². The van der Waals surface area contributed by atoms with Crippen LogP contribution in [0.2, 0.25) is 5.22 Å². The van der Waals surface area contributed by atoms with Gasteiger partial charge in [-0.2, -0.15) is 0 Å². The number of nitrogens with zero attached hydrogens (tertiary/aromatic N) is 2. The highest BCUT2D eigenvalue weighted by Gasteiger charge is 2.09. The third-order valence-corrected chi connectivity index (χ3v) is 2.67. The lowest BCUT2D eigenvalue weighted by Gasteiger charge is -1.99. The zero-order valence-electron chi connectivity index (χ0n) is 8.64. The van der Waals surface area contributed by atoms with Crippen molar-refractivity contribution in [3.05, 3.63) is 47.4 Å². The minimum Gasteiger partial charge on any atom is -0.441 e. The Labute approximate surface area is 97.3 Å². The molecule has 3 rings (SSSR count). The molecule has 0 aromatic carbocycles. The van der Waals surface area contributed by atoms with E-state index in [2.05, 4.69) is 11.1 Å². The molecule has 4 heteroatoms. The summed E-state index contributed by atoms with van der Waals surface area (Å²) in [6.07, 6.45) is 3.83. The number of furan rings is 1. The van der Waals surface area contributed by atoms with E-state index in [1.54, 1.807) is 6.07 Å². The van der Waals surface area contributed by atoms with E-state index >= 15 is 0 Å². The van der Waals surface area contributed by atoms with Gasteiger partial charge in [0.05, 0.1) is 11.7 Å². The summed E-state index contributed by atoms with van der Waals surface area (Å²) in [4.78, 5) is 4.33. The first-order valence-electron chi connectivity index (χ1n) is 4.93. The number of pyridine rings is 1. The van der Waals surface area contributed by atoms with E-state index in [9.17, 15) is 0 Å². The van der Waals surface area contributed by atoms with Crippen molar-refractivity contribution in [2.75, 3.05) is 0 Å². The molecule has 0 saturated heterocycles. The Morgan fingerprint density at radius 2 is 2.12 bits per heavy atom. The van der Waals surface area contributed by atoms with Crippen molar-refractivity contribution in [3.63, 3.8) is 0 Å². The van der Waals surface area contributed by atoms with Gasteiger partial charge in [-0.25, -0.2) is 4.98 Å². The van der Waals surface area contributed by atoms with E-state index < -0.39 is 0 Å². The van der Waals surface area contributed by atoms with Crippen LogP contribution in [0.25, 0.3) is 17.1 Å². The van der Waals surface area contributed by atoms with Crippen LogP contribution >= 0.6 is 11.6 Å². The van der Waals surface area contributed by atoms with E-state index in [0.717, 1.165) is 11.3 Å². The molecule has 0 aliphatic rings. The van der Waals surface area contributed by atoms with Gasteiger partial charge in [0.25, 0.3) is 0 Å². The van der Waals surface area contributed by atoms with E-state index in [1.807, 2.05) is 35.9 Å². The number of rotatable bonds is 1. The Hall–Kier alpha value is -1.74. The first kappa shape index (κ1) is 9.48. The zero-order chi connectivity index (χ0) is 11.1. The molecule has 0 atom stereocenters. The maximum absolute atomic E-state index is 5.76. The summed E-state index contributed by atoms with van der Waals surface area (Å²) in [5.41, 5.74) is 2.21. The van der Waals surface area contributed by atoms with Crippen molar-refractivity contribution in [2.24, 2.45) is 0 Å². The van der Waals surface area contributed by atoms with Gasteiger partial charge in [0, 0.05) is 6.20 Å². The van der Waals surface area contributed by atoms with Crippen LogP contribution in [0.1, 0.15) is 5.56 Å². The fraction of sp³-hybridized carbons (Fsp3) is 0.0833. The average Bonchev–Trinajstić information content (AvgIpc) is 2.83. The third-order valence-electron chi connectivity index (χ3n) is 2.47. The lowest BCUT2D eigenvalue weighted by atomic mass is 10.3. The molecule has 0 aliphatic heterocycles. The number of fused-ring (bicyclic) bond motifs is 1. The second kappa shape index (κ2) is 3.39. The quantitative estimate of drug-likeness (QED) is 0.642. The first-order chi connectivity index (χ1) is 7.74. The highest BCUT2D eigenvalue weighted by atomic mass is 35.5. The molecular formula is C12H9ClN2O. The van der Waals surface area contributed by atoms with Crippen molar-refractivity contribution < 1.29 is 4.42 Å². The second-order valence-electron chi connectivity index (χ2n) is 3.69. The first-order valence-corrected chi connectivity index (χ1v) is 5.31. The van der Waals surface area contributed by atoms with E-state index in [0.29, 0.717) is 11.0 Å². The predicted octanol–water partition coefficient (Wildman–Crippen LogP) is 3.56. The largest absolute Gasteiger partial charge is 0.441 e. The molecule has 80 valence electrons. The predicted molar refractivity (Wildman–Crippen MR) is 62.6 cm³/mol. The molecule has 3 aromatic rings. The standard InChI is InChI=1S/C12H9ClN2O/c1-8-2-3-9-6-14-12(15(9)7-8)10-4-5-11(13)16-10/h2-7H,1H3. The number of aromatic nitrogens is 2. The number of hydrogen-bond acceptors (Lipinski definition) is 2. The Morgan fingerprint density at radius 1 is 1.25 bits per heavy atom. The molecule has 3 heterocycles. The summed E-state index contributed by atoms with van der Waals surface area (Å²) >= 11 is 5.76. The summed E-state index contributed by atoms with van der Waals surface area (Å²) in [5.74, 6) is 1.45. The average molecular weight is 233 g/mol. The molecule has 0 fully saturated rings. The number of aryl methyl sites for hydroxylation is 1.